The molecule has 0 aliphatic carbocycles. The molecule has 0 spiro atoms. The van der Waals surface area contributed by atoms with Crippen molar-refractivity contribution in [3.8, 4) is 22.3 Å². The lowest BCUT2D eigenvalue weighted by atomic mass is 9.92. The number of para-hydroxylation sites is 1. The van der Waals surface area contributed by atoms with Gasteiger partial charge in [-0.05, 0) is 119 Å². The van der Waals surface area contributed by atoms with E-state index in [1.54, 1.807) is 0 Å². The molecule has 10 aromatic rings. The summed E-state index contributed by atoms with van der Waals surface area (Å²) >= 11 is 0. The summed E-state index contributed by atoms with van der Waals surface area (Å²) in [6.45, 7) is 0. The van der Waals surface area contributed by atoms with Crippen LogP contribution >= 0.6 is 0 Å². The highest BCUT2D eigenvalue weighted by Gasteiger charge is 2.17. The summed E-state index contributed by atoms with van der Waals surface area (Å²) in [6.07, 6.45) is 0. The minimum Gasteiger partial charge on any atom is -0.310 e. The monoisotopic (exact) mass is 647 g/mol. The third kappa shape index (κ3) is 5.02. The van der Waals surface area contributed by atoms with Crippen LogP contribution in [0.2, 0.25) is 0 Å². The number of rotatable bonds is 5. The largest absolute Gasteiger partial charge is 0.310 e. The second-order valence-corrected chi connectivity index (χ2v) is 13.3. The van der Waals surface area contributed by atoms with Crippen LogP contribution in [-0.4, -0.2) is 0 Å². The molecular weight excluding hydrogens is 615 g/mol. The van der Waals surface area contributed by atoms with Crippen molar-refractivity contribution < 1.29 is 0 Å². The predicted octanol–water partition coefficient (Wildman–Crippen LogP) is 14.3. The minimum atomic E-state index is 1.11. The Kier molecular flexibility index (Phi) is 6.89. The number of hydrogen-bond acceptors (Lipinski definition) is 1. The quantitative estimate of drug-likeness (QED) is 0.168. The van der Waals surface area contributed by atoms with E-state index in [1.807, 2.05) is 0 Å². The Morgan fingerprint density at radius 2 is 0.784 bits per heavy atom. The summed E-state index contributed by atoms with van der Waals surface area (Å²) in [7, 11) is 0. The smallest absolute Gasteiger partial charge is 0.0474 e. The van der Waals surface area contributed by atoms with Crippen molar-refractivity contribution in [3.63, 3.8) is 0 Å². The fourth-order valence-electron chi connectivity index (χ4n) is 7.95. The summed E-state index contributed by atoms with van der Waals surface area (Å²) < 4.78 is 0. The molecule has 10 rings (SSSR count). The van der Waals surface area contributed by atoms with E-state index in [9.17, 15) is 0 Å². The topological polar surface area (TPSA) is 3.24 Å². The highest BCUT2D eigenvalue weighted by molar-refractivity contribution is 6.21. The predicted molar refractivity (Wildman–Crippen MR) is 220 cm³/mol. The highest BCUT2D eigenvalue weighted by Crippen LogP contribution is 2.42. The van der Waals surface area contributed by atoms with Crippen molar-refractivity contribution in [3.05, 3.63) is 200 Å². The SMILES string of the molecule is c1ccc(N(c2ccc(-c3cccc4ccccc34)cc2)c2cc(-c3ccc4ccc5ccc6ccccc6c5c4c3)c3ccccc3c2)cc1. The molecule has 0 heterocycles. The number of nitrogens with zero attached hydrogens (tertiary/aromatic N) is 1. The van der Waals surface area contributed by atoms with Crippen LogP contribution in [0.25, 0.3) is 76.1 Å². The summed E-state index contributed by atoms with van der Waals surface area (Å²) in [6, 6.07) is 73.1. The average molecular weight is 648 g/mol. The van der Waals surface area contributed by atoms with E-state index in [2.05, 4.69) is 205 Å². The average Bonchev–Trinajstić information content (AvgIpc) is 3.20. The van der Waals surface area contributed by atoms with E-state index < -0.39 is 0 Å². The maximum Gasteiger partial charge on any atom is 0.0474 e. The molecule has 1 nitrogen and oxygen atoms in total. The third-order valence-corrected chi connectivity index (χ3v) is 10.4. The van der Waals surface area contributed by atoms with E-state index in [-0.39, 0.29) is 0 Å². The molecule has 0 saturated carbocycles. The van der Waals surface area contributed by atoms with Gasteiger partial charge in [-0.2, -0.15) is 0 Å². The van der Waals surface area contributed by atoms with Crippen molar-refractivity contribution in [2.75, 3.05) is 4.90 Å². The standard InChI is InChI=1S/C50H33N/c1-2-15-41(16-3-1)51(42-29-27-36(28-30-42)45-20-10-14-34-11-4-7-17-44(34)45)43-31-39-13-6-8-18-46(39)48(33-43)40-26-23-37-22-25-38-24-21-35-12-5-9-19-47(35)50(38)49(37)32-40/h1-33H. The van der Waals surface area contributed by atoms with Crippen LogP contribution in [-0.2, 0) is 0 Å². The summed E-state index contributed by atoms with van der Waals surface area (Å²) in [5, 5.41) is 12.6. The van der Waals surface area contributed by atoms with Crippen LogP contribution in [0.5, 0.6) is 0 Å². The molecule has 51 heavy (non-hydrogen) atoms. The number of fused-ring (bicyclic) bond motifs is 7. The molecule has 0 radical (unpaired) electrons. The van der Waals surface area contributed by atoms with Crippen molar-refractivity contribution >= 4 is 70.9 Å². The third-order valence-electron chi connectivity index (χ3n) is 10.4. The minimum absolute atomic E-state index is 1.11. The normalized spacial score (nSPS) is 11.5. The first-order chi connectivity index (χ1) is 25.3. The van der Waals surface area contributed by atoms with Crippen molar-refractivity contribution in [2.45, 2.75) is 0 Å². The maximum absolute atomic E-state index is 2.40. The van der Waals surface area contributed by atoms with Crippen molar-refractivity contribution in [2.24, 2.45) is 0 Å². The molecule has 0 aliphatic heterocycles. The van der Waals surface area contributed by atoms with Gasteiger partial charge in [-0.15, -0.1) is 0 Å². The first-order valence-corrected chi connectivity index (χ1v) is 17.6. The zero-order valence-electron chi connectivity index (χ0n) is 28.0. The van der Waals surface area contributed by atoms with Gasteiger partial charge in [0.15, 0.2) is 0 Å². The van der Waals surface area contributed by atoms with Crippen LogP contribution in [0.1, 0.15) is 0 Å². The van der Waals surface area contributed by atoms with E-state index in [0.717, 1.165) is 17.1 Å². The van der Waals surface area contributed by atoms with Gasteiger partial charge in [-0.3, -0.25) is 0 Å². The Morgan fingerprint density at radius 3 is 1.55 bits per heavy atom. The molecule has 0 aromatic heterocycles. The van der Waals surface area contributed by atoms with Gasteiger partial charge in [0.1, 0.15) is 0 Å². The van der Waals surface area contributed by atoms with Crippen LogP contribution in [0.3, 0.4) is 0 Å². The second-order valence-electron chi connectivity index (χ2n) is 13.3. The lowest BCUT2D eigenvalue weighted by Crippen LogP contribution is -2.10. The summed E-state index contributed by atoms with van der Waals surface area (Å²) in [5.74, 6) is 0. The maximum atomic E-state index is 2.40. The van der Waals surface area contributed by atoms with E-state index >= 15 is 0 Å². The van der Waals surface area contributed by atoms with Gasteiger partial charge >= 0.3 is 0 Å². The molecule has 0 atom stereocenters. The van der Waals surface area contributed by atoms with E-state index in [1.165, 1.54) is 76.1 Å². The zero-order valence-corrected chi connectivity index (χ0v) is 28.0. The second kappa shape index (κ2) is 12.0. The molecule has 238 valence electrons. The first kappa shape index (κ1) is 29.2. The van der Waals surface area contributed by atoms with Gasteiger partial charge in [0.05, 0.1) is 0 Å². The van der Waals surface area contributed by atoms with Crippen LogP contribution in [0.15, 0.2) is 200 Å². The summed E-state index contributed by atoms with van der Waals surface area (Å²) in [4.78, 5) is 2.38. The van der Waals surface area contributed by atoms with Crippen LogP contribution in [0, 0.1) is 0 Å². The lowest BCUT2D eigenvalue weighted by Gasteiger charge is -2.27. The molecule has 0 fully saturated rings. The van der Waals surface area contributed by atoms with Gasteiger partial charge in [0.2, 0.25) is 0 Å². The number of hydrogen-bond donors (Lipinski definition) is 0. The van der Waals surface area contributed by atoms with Gasteiger partial charge in [-0.25, -0.2) is 0 Å². The molecule has 0 saturated heterocycles. The molecule has 0 unspecified atom stereocenters. The van der Waals surface area contributed by atoms with Crippen molar-refractivity contribution in [1.29, 1.82) is 0 Å². The lowest BCUT2D eigenvalue weighted by molar-refractivity contribution is 1.29. The molecular formula is C50H33N. The van der Waals surface area contributed by atoms with E-state index in [4.69, 9.17) is 0 Å². The van der Waals surface area contributed by atoms with Gasteiger partial charge in [-0.1, -0.05) is 158 Å². The van der Waals surface area contributed by atoms with Gasteiger partial charge in [0, 0.05) is 17.1 Å². The number of benzene rings is 10. The molecule has 0 N–H and O–H groups in total. The number of anilines is 3. The van der Waals surface area contributed by atoms with Crippen LogP contribution in [0.4, 0.5) is 17.1 Å². The fourth-order valence-corrected chi connectivity index (χ4v) is 7.95. The van der Waals surface area contributed by atoms with Crippen LogP contribution < -0.4 is 4.90 Å². The summed E-state index contributed by atoms with van der Waals surface area (Å²) in [5.41, 5.74) is 8.23. The Morgan fingerprint density at radius 1 is 0.255 bits per heavy atom. The highest BCUT2D eigenvalue weighted by atomic mass is 15.1. The van der Waals surface area contributed by atoms with Gasteiger partial charge < -0.3 is 4.90 Å². The molecule has 1 heteroatoms. The Bertz CT molecular complexity index is 2890. The van der Waals surface area contributed by atoms with Crippen molar-refractivity contribution in [1.82, 2.24) is 0 Å². The Hall–Kier alpha value is -6.70. The molecule has 0 bridgehead atoms. The molecule has 0 amide bonds. The van der Waals surface area contributed by atoms with Gasteiger partial charge in [0.25, 0.3) is 0 Å². The molecule has 0 aliphatic rings. The Balaban J connectivity index is 1.16. The van der Waals surface area contributed by atoms with E-state index in [0.29, 0.717) is 0 Å². The fraction of sp³-hybridized carbons (Fsp3) is 0. The first-order valence-electron chi connectivity index (χ1n) is 17.6. The Labute approximate surface area is 297 Å². The zero-order chi connectivity index (χ0) is 33.7. The molecule has 10 aromatic carbocycles.